The van der Waals surface area contributed by atoms with Gasteiger partial charge in [-0.2, -0.15) is 0 Å². The Hall–Kier alpha value is -1.96. The van der Waals surface area contributed by atoms with E-state index >= 15 is 0 Å². The van der Waals surface area contributed by atoms with Crippen molar-refractivity contribution in [1.29, 1.82) is 0 Å². The van der Waals surface area contributed by atoms with Crippen LogP contribution in [0.3, 0.4) is 0 Å². The lowest BCUT2D eigenvalue weighted by Gasteiger charge is -2.41. The molecule has 1 aromatic carbocycles. The number of likely N-dealkylation sites (tertiary alicyclic amines) is 1. The standard InChI is InChI=1S/C19H26N4O3/c1-3-25-12-15-8-14(4-5-18(15)24-2)10-22-7-6-19-17(11-22)23-16(13-26-19)9-20-21-23/h4-5,8-9,17,19H,3,6-7,10-13H2,1-2H3/t17-,19+/m0/s1. The third-order valence-corrected chi connectivity index (χ3v) is 5.23. The van der Waals surface area contributed by atoms with E-state index in [0.717, 1.165) is 43.1 Å². The largest absolute Gasteiger partial charge is 0.496 e. The Morgan fingerprint density at radius 1 is 1.35 bits per heavy atom. The number of hydrogen-bond donors (Lipinski definition) is 0. The molecule has 1 aromatic heterocycles. The van der Waals surface area contributed by atoms with Crippen LogP contribution < -0.4 is 4.74 Å². The van der Waals surface area contributed by atoms with Gasteiger partial charge in [0, 0.05) is 31.8 Å². The van der Waals surface area contributed by atoms with Crippen molar-refractivity contribution < 1.29 is 14.2 Å². The fourth-order valence-corrected chi connectivity index (χ4v) is 3.90. The zero-order valence-corrected chi connectivity index (χ0v) is 15.4. The van der Waals surface area contributed by atoms with Gasteiger partial charge >= 0.3 is 0 Å². The summed E-state index contributed by atoms with van der Waals surface area (Å²) in [6.45, 7) is 6.75. The second kappa shape index (κ2) is 7.73. The van der Waals surface area contributed by atoms with Crippen LogP contribution in [0.25, 0.3) is 0 Å². The topological polar surface area (TPSA) is 61.6 Å². The minimum Gasteiger partial charge on any atom is -0.496 e. The predicted octanol–water partition coefficient (Wildman–Crippen LogP) is 2.17. The van der Waals surface area contributed by atoms with Crippen molar-refractivity contribution in [3.63, 3.8) is 0 Å². The van der Waals surface area contributed by atoms with Crippen molar-refractivity contribution in [2.75, 3.05) is 26.8 Å². The van der Waals surface area contributed by atoms with Gasteiger partial charge in [0.2, 0.25) is 0 Å². The zero-order valence-electron chi connectivity index (χ0n) is 15.4. The molecule has 7 heteroatoms. The highest BCUT2D eigenvalue weighted by molar-refractivity contribution is 5.37. The molecule has 0 spiro atoms. The highest BCUT2D eigenvalue weighted by Crippen LogP contribution is 2.31. The van der Waals surface area contributed by atoms with Crippen LogP contribution in [0.4, 0.5) is 0 Å². The van der Waals surface area contributed by atoms with Crippen molar-refractivity contribution in [3.05, 3.63) is 41.2 Å². The van der Waals surface area contributed by atoms with E-state index in [2.05, 4.69) is 32.0 Å². The maximum atomic E-state index is 6.00. The first-order chi connectivity index (χ1) is 12.8. The van der Waals surface area contributed by atoms with Crippen LogP contribution in [0, 0.1) is 0 Å². The number of rotatable bonds is 6. The highest BCUT2D eigenvalue weighted by Gasteiger charge is 2.36. The minimum atomic E-state index is 0.241. The molecule has 2 atom stereocenters. The molecule has 0 bridgehead atoms. The number of nitrogens with zero attached hydrogens (tertiary/aromatic N) is 4. The summed E-state index contributed by atoms with van der Waals surface area (Å²) >= 11 is 0. The van der Waals surface area contributed by atoms with Crippen LogP contribution in [-0.4, -0.2) is 52.8 Å². The number of benzene rings is 1. The van der Waals surface area contributed by atoms with Gasteiger partial charge in [0.1, 0.15) is 5.75 Å². The molecule has 2 aliphatic rings. The first-order valence-electron chi connectivity index (χ1n) is 9.25. The molecule has 0 saturated carbocycles. The Morgan fingerprint density at radius 2 is 2.27 bits per heavy atom. The van der Waals surface area contributed by atoms with Gasteiger partial charge in [-0.15, -0.1) is 5.10 Å². The van der Waals surface area contributed by atoms with Crippen molar-refractivity contribution >= 4 is 0 Å². The van der Waals surface area contributed by atoms with Crippen LogP contribution >= 0.6 is 0 Å². The van der Waals surface area contributed by atoms with Crippen molar-refractivity contribution in [1.82, 2.24) is 19.9 Å². The van der Waals surface area contributed by atoms with Crippen LogP contribution in [0.15, 0.2) is 24.4 Å². The molecular formula is C19H26N4O3. The summed E-state index contributed by atoms with van der Waals surface area (Å²) < 4.78 is 19.1. The first kappa shape index (κ1) is 17.5. The van der Waals surface area contributed by atoms with Gasteiger partial charge in [-0.1, -0.05) is 11.3 Å². The highest BCUT2D eigenvalue weighted by atomic mass is 16.5. The Kier molecular flexibility index (Phi) is 5.19. The smallest absolute Gasteiger partial charge is 0.124 e. The second-order valence-electron chi connectivity index (χ2n) is 6.89. The Balaban J connectivity index is 1.47. The first-order valence-corrected chi connectivity index (χ1v) is 9.25. The van der Waals surface area contributed by atoms with Crippen LogP contribution in [0.1, 0.15) is 36.2 Å². The van der Waals surface area contributed by atoms with Gasteiger partial charge in [-0.3, -0.25) is 4.90 Å². The molecule has 0 N–H and O–H groups in total. The zero-order chi connectivity index (χ0) is 17.9. The molecule has 26 heavy (non-hydrogen) atoms. The molecule has 0 unspecified atom stereocenters. The van der Waals surface area contributed by atoms with Crippen LogP contribution in [-0.2, 0) is 29.2 Å². The third kappa shape index (κ3) is 3.47. The number of ether oxygens (including phenoxy) is 3. The summed E-state index contributed by atoms with van der Waals surface area (Å²) in [4.78, 5) is 2.47. The third-order valence-electron chi connectivity index (χ3n) is 5.23. The van der Waals surface area contributed by atoms with E-state index in [0.29, 0.717) is 19.8 Å². The maximum Gasteiger partial charge on any atom is 0.124 e. The molecule has 3 heterocycles. The molecule has 2 aromatic rings. The monoisotopic (exact) mass is 358 g/mol. The van der Waals surface area contributed by atoms with E-state index in [1.54, 1.807) is 13.3 Å². The number of fused-ring (bicyclic) bond motifs is 3. The molecule has 7 nitrogen and oxygen atoms in total. The van der Waals surface area contributed by atoms with Crippen molar-refractivity contribution in [2.45, 2.75) is 45.2 Å². The lowest BCUT2D eigenvalue weighted by molar-refractivity contribution is -0.0669. The average Bonchev–Trinajstić information content (AvgIpc) is 3.16. The summed E-state index contributed by atoms with van der Waals surface area (Å²) in [5.74, 6) is 0.883. The minimum absolute atomic E-state index is 0.241. The SMILES string of the molecule is CCOCc1cc(CN2CC[C@H]3OCc4cnnn4[C@H]3C2)ccc1OC. The molecule has 2 aliphatic heterocycles. The molecule has 140 valence electrons. The molecule has 0 amide bonds. The van der Waals surface area contributed by atoms with Gasteiger partial charge in [-0.05, 0) is 31.0 Å². The van der Waals surface area contributed by atoms with Gasteiger partial charge in [0.15, 0.2) is 0 Å². The number of aromatic nitrogens is 3. The molecule has 1 fully saturated rings. The van der Waals surface area contributed by atoms with E-state index in [4.69, 9.17) is 14.2 Å². The van der Waals surface area contributed by atoms with E-state index in [9.17, 15) is 0 Å². The average molecular weight is 358 g/mol. The number of methoxy groups -OCH3 is 1. The quantitative estimate of drug-likeness (QED) is 0.789. The Bertz CT molecular complexity index is 748. The van der Waals surface area contributed by atoms with Gasteiger partial charge < -0.3 is 14.2 Å². The van der Waals surface area contributed by atoms with Crippen molar-refractivity contribution in [3.8, 4) is 5.75 Å². The molecule has 1 saturated heterocycles. The summed E-state index contributed by atoms with van der Waals surface area (Å²) in [7, 11) is 1.70. The predicted molar refractivity (Wildman–Crippen MR) is 95.9 cm³/mol. The van der Waals surface area contributed by atoms with Gasteiger partial charge in [0.25, 0.3) is 0 Å². The normalized spacial score (nSPS) is 22.7. The maximum absolute atomic E-state index is 6.00. The lowest BCUT2D eigenvalue weighted by Crippen LogP contribution is -2.47. The number of piperidine rings is 1. The molecule has 4 rings (SSSR count). The van der Waals surface area contributed by atoms with E-state index in [1.807, 2.05) is 13.0 Å². The molecular weight excluding hydrogens is 332 g/mol. The van der Waals surface area contributed by atoms with E-state index < -0.39 is 0 Å². The Labute approximate surface area is 153 Å². The van der Waals surface area contributed by atoms with Crippen LogP contribution in [0.5, 0.6) is 5.75 Å². The van der Waals surface area contributed by atoms with Crippen LogP contribution in [0.2, 0.25) is 0 Å². The Morgan fingerprint density at radius 3 is 3.12 bits per heavy atom. The van der Waals surface area contributed by atoms with Crippen molar-refractivity contribution in [2.24, 2.45) is 0 Å². The fourth-order valence-electron chi connectivity index (χ4n) is 3.90. The summed E-state index contributed by atoms with van der Waals surface area (Å²) in [5, 5.41) is 8.33. The summed E-state index contributed by atoms with van der Waals surface area (Å²) in [5.41, 5.74) is 3.44. The van der Waals surface area contributed by atoms with Gasteiger partial charge in [-0.25, -0.2) is 4.68 Å². The number of hydrogen-bond acceptors (Lipinski definition) is 6. The van der Waals surface area contributed by atoms with Gasteiger partial charge in [0.05, 0.1) is 44.4 Å². The summed E-state index contributed by atoms with van der Waals surface area (Å²) in [6, 6.07) is 6.61. The lowest BCUT2D eigenvalue weighted by atomic mass is 9.99. The second-order valence-corrected chi connectivity index (χ2v) is 6.89. The van der Waals surface area contributed by atoms with E-state index in [1.165, 1.54) is 5.56 Å². The van der Waals surface area contributed by atoms with E-state index in [-0.39, 0.29) is 12.1 Å². The summed E-state index contributed by atoms with van der Waals surface area (Å²) in [6.07, 6.45) is 3.06. The molecule has 0 radical (unpaired) electrons. The molecule has 0 aliphatic carbocycles. The fraction of sp³-hybridized carbons (Fsp3) is 0.579.